The van der Waals surface area contributed by atoms with Gasteiger partial charge in [0.15, 0.2) is 0 Å². The molecule has 3 heterocycles. The van der Waals surface area contributed by atoms with E-state index in [2.05, 4.69) is 27.7 Å². The van der Waals surface area contributed by atoms with Crippen LogP contribution in [0.2, 0.25) is 0 Å². The SMILES string of the molecule is C[C@@H]1C[C@@H](C)CN(S(=O)(=O)N2CCN(S(=O)(=O)N3C[C@H](C)C[C@@H](C)C3)CC2)C1. The molecule has 164 valence electrons. The molecular weight excluding hydrogens is 400 g/mol. The van der Waals surface area contributed by atoms with Gasteiger partial charge in [0.2, 0.25) is 0 Å². The third-order valence-corrected chi connectivity index (χ3v) is 10.1. The zero-order valence-electron chi connectivity index (χ0n) is 17.6. The fourth-order valence-electron chi connectivity index (χ4n) is 5.05. The van der Waals surface area contributed by atoms with E-state index in [1.165, 1.54) is 8.61 Å². The normalized spacial score (nSPS) is 35.9. The van der Waals surface area contributed by atoms with E-state index in [1.54, 1.807) is 8.61 Å². The van der Waals surface area contributed by atoms with Gasteiger partial charge in [0.1, 0.15) is 0 Å². The molecule has 0 unspecified atom stereocenters. The van der Waals surface area contributed by atoms with E-state index in [4.69, 9.17) is 0 Å². The number of hydrogen-bond acceptors (Lipinski definition) is 4. The predicted molar refractivity (Wildman–Crippen MR) is 110 cm³/mol. The van der Waals surface area contributed by atoms with Crippen molar-refractivity contribution in [3.63, 3.8) is 0 Å². The molecule has 10 heteroatoms. The highest BCUT2D eigenvalue weighted by Gasteiger charge is 2.40. The van der Waals surface area contributed by atoms with Gasteiger partial charge in [-0.05, 0) is 36.5 Å². The Hall–Kier alpha value is -0.260. The second-order valence-electron chi connectivity index (χ2n) is 9.34. The van der Waals surface area contributed by atoms with E-state index in [-0.39, 0.29) is 26.2 Å². The Balaban J connectivity index is 1.63. The average Bonchev–Trinajstić information content (AvgIpc) is 2.60. The monoisotopic (exact) mass is 436 g/mol. The molecule has 3 saturated heterocycles. The smallest absolute Gasteiger partial charge is 0.195 e. The van der Waals surface area contributed by atoms with Gasteiger partial charge in [-0.1, -0.05) is 27.7 Å². The third kappa shape index (κ3) is 4.73. The van der Waals surface area contributed by atoms with E-state index in [1.807, 2.05) is 0 Å². The van der Waals surface area contributed by atoms with Gasteiger partial charge in [-0.25, -0.2) is 0 Å². The first-order chi connectivity index (χ1) is 13.0. The Morgan fingerprint density at radius 3 is 1.00 bits per heavy atom. The third-order valence-electron chi connectivity index (χ3n) is 6.17. The lowest BCUT2D eigenvalue weighted by molar-refractivity contribution is 0.184. The van der Waals surface area contributed by atoms with E-state index >= 15 is 0 Å². The van der Waals surface area contributed by atoms with Crippen LogP contribution in [0, 0.1) is 23.7 Å². The summed E-state index contributed by atoms with van der Waals surface area (Å²) in [4.78, 5) is 0. The summed E-state index contributed by atoms with van der Waals surface area (Å²) in [5, 5.41) is 0. The highest BCUT2D eigenvalue weighted by atomic mass is 32.2. The maximum atomic E-state index is 13.0. The van der Waals surface area contributed by atoms with Crippen LogP contribution < -0.4 is 0 Å². The predicted octanol–water partition coefficient (Wildman–Crippen LogP) is 1.05. The van der Waals surface area contributed by atoms with Crippen LogP contribution in [0.25, 0.3) is 0 Å². The van der Waals surface area contributed by atoms with E-state index in [0.717, 1.165) is 12.8 Å². The fraction of sp³-hybridized carbons (Fsp3) is 1.00. The minimum atomic E-state index is -3.53. The van der Waals surface area contributed by atoms with Crippen molar-refractivity contribution >= 4 is 20.4 Å². The second-order valence-corrected chi connectivity index (χ2v) is 13.2. The van der Waals surface area contributed by atoms with E-state index in [0.29, 0.717) is 49.9 Å². The Morgan fingerprint density at radius 2 is 0.750 bits per heavy atom. The zero-order valence-corrected chi connectivity index (χ0v) is 19.3. The van der Waals surface area contributed by atoms with Crippen molar-refractivity contribution in [2.24, 2.45) is 23.7 Å². The summed E-state index contributed by atoms with van der Waals surface area (Å²) >= 11 is 0. The quantitative estimate of drug-likeness (QED) is 0.660. The molecule has 3 aliphatic rings. The minimum absolute atomic E-state index is 0.222. The average molecular weight is 437 g/mol. The van der Waals surface area contributed by atoms with E-state index < -0.39 is 20.4 Å². The van der Waals surface area contributed by atoms with Gasteiger partial charge >= 0.3 is 0 Å². The van der Waals surface area contributed by atoms with Crippen LogP contribution in [-0.2, 0) is 20.4 Å². The van der Waals surface area contributed by atoms with Gasteiger partial charge < -0.3 is 0 Å². The summed E-state index contributed by atoms with van der Waals surface area (Å²) in [5.41, 5.74) is 0. The standard InChI is InChI=1S/C18H36N4O4S2/c1-15-9-16(2)12-21(11-15)27(23,24)19-5-7-20(8-6-19)28(25,26)22-13-17(3)10-18(4)14-22/h15-18H,5-14H2,1-4H3/t15-,16-,17-,18-/m1/s1. The molecule has 3 rings (SSSR count). The summed E-state index contributed by atoms with van der Waals surface area (Å²) in [7, 11) is -7.06. The Labute approximate surface area is 171 Å². The topological polar surface area (TPSA) is 81.2 Å². The van der Waals surface area contributed by atoms with Crippen molar-refractivity contribution in [2.75, 3.05) is 52.4 Å². The van der Waals surface area contributed by atoms with Crippen molar-refractivity contribution < 1.29 is 16.8 Å². The van der Waals surface area contributed by atoms with Crippen LogP contribution in [0.5, 0.6) is 0 Å². The molecule has 0 aromatic rings. The first kappa shape index (κ1) is 22.4. The molecule has 0 radical (unpaired) electrons. The molecule has 0 bridgehead atoms. The molecule has 0 aromatic heterocycles. The van der Waals surface area contributed by atoms with Gasteiger partial charge in [0.25, 0.3) is 20.4 Å². The largest absolute Gasteiger partial charge is 0.282 e. The van der Waals surface area contributed by atoms with Gasteiger partial charge in [-0.2, -0.15) is 34.1 Å². The van der Waals surface area contributed by atoms with Crippen molar-refractivity contribution in [1.29, 1.82) is 0 Å². The van der Waals surface area contributed by atoms with Gasteiger partial charge in [-0.15, -0.1) is 0 Å². The molecule has 3 fully saturated rings. The van der Waals surface area contributed by atoms with Crippen molar-refractivity contribution in [3.05, 3.63) is 0 Å². The van der Waals surface area contributed by atoms with Crippen molar-refractivity contribution in [1.82, 2.24) is 17.2 Å². The number of nitrogens with zero attached hydrogens (tertiary/aromatic N) is 4. The van der Waals surface area contributed by atoms with Gasteiger partial charge in [-0.3, -0.25) is 0 Å². The second kappa shape index (κ2) is 8.47. The lowest BCUT2D eigenvalue weighted by atomic mass is 9.94. The number of hydrogen-bond donors (Lipinski definition) is 0. The number of rotatable bonds is 4. The maximum Gasteiger partial charge on any atom is 0.282 e. The van der Waals surface area contributed by atoms with Gasteiger partial charge in [0, 0.05) is 52.4 Å². The molecule has 0 aromatic carbocycles. The van der Waals surface area contributed by atoms with Crippen LogP contribution in [0.3, 0.4) is 0 Å². The number of piperazine rings is 1. The summed E-state index contributed by atoms with van der Waals surface area (Å²) < 4.78 is 58.3. The fourth-order valence-corrected chi connectivity index (χ4v) is 8.72. The van der Waals surface area contributed by atoms with Crippen LogP contribution in [0.1, 0.15) is 40.5 Å². The molecule has 0 spiro atoms. The molecule has 3 aliphatic heterocycles. The van der Waals surface area contributed by atoms with Crippen LogP contribution in [0.4, 0.5) is 0 Å². The first-order valence-corrected chi connectivity index (χ1v) is 13.3. The molecule has 8 nitrogen and oxygen atoms in total. The molecule has 0 saturated carbocycles. The lowest BCUT2D eigenvalue weighted by Gasteiger charge is -2.42. The van der Waals surface area contributed by atoms with E-state index in [9.17, 15) is 16.8 Å². The zero-order chi connectivity index (χ0) is 20.7. The summed E-state index contributed by atoms with van der Waals surface area (Å²) in [6.07, 6.45) is 2.09. The summed E-state index contributed by atoms with van der Waals surface area (Å²) in [6, 6.07) is 0. The highest BCUT2D eigenvalue weighted by Crippen LogP contribution is 2.27. The molecule has 28 heavy (non-hydrogen) atoms. The minimum Gasteiger partial charge on any atom is -0.195 e. The van der Waals surface area contributed by atoms with Crippen LogP contribution in [-0.4, -0.2) is 86.4 Å². The van der Waals surface area contributed by atoms with Crippen LogP contribution in [0.15, 0.2) is 0 Å². The van der Waals surface area contributed by atoms with Gasteiger partial charge in [0.05, 0.1) is 0 Å². The van der Waals surface area contributed by atoms with Crippen LogP contribution >= 0.6 is 0 Å². The van der Waals surface area contributed by atoms with Crippen molar-refractivity contribution in [3.8, 4) is 0 Å². The molecule has 0 aliphatic carbocycles. The Morgan fingerprint density at radius 1 is 0.500 bits per heavy atom. The highest BCUT2D eigenvalue weighted by molar-refractivity contribution is 7.87. The summed E-state index contributed by atoms with van der Waals surface area (Å²) in [5.74, 6) is 1.40. The molecular formula is C18H36N4O4S2. The Bertz CT molecular complexity index is 666. The summed E-state index contributed by atoms with van der Waals surface area (Å²) in [6.45, 7) is 11.4. The molecule has 4 atom stereocenters. The molecule has 0 amide bonds. The lowest BCUT2D eigenvalue weighted by Crippen LogP contribution is -2.58. The number of piperidine rings is 2. The molecule has 0 N–H and O–H groups in total. The maximum absolute atomic E-state index is 13.0. The van der Waals surface area contributed by atoms with Crippen molar-refractivity contribution in [2.45, 2.75) is 40.5 Å². The first-order valence-electron chi connectivity index (χ1n) is 10.5. The Kier molecular flexibility index (Phi) is 6.78.